The Morgan fingerprint density at radius 3 is 2.63 bits per heavy atom. The van der Waals surface area contributed by atoms with Gasteiger partial charge in [0.25, 0.3) is 5.89 Å². The van der Waals surface area contributed by atoms with Gasteiger partial charge in [-0.1, -0.05) is 31.9 Å². The van der Waals surface area contributed by atoms with Gasteiger partial charge in [0, 0.05) is 18.5 Å². The van der Waals surface area contributed by atoms with Crippen LogP contribution in [-0.2, 0) is 10.2 Å². The lowest BCUT2D eigenvalue weighted by Crippen LogP contribution is -2.18. The Labute approximate surface area is 177 Å². The quantitative estimate of drug-likeness (QED) is 0.615. The number of nitrogens with one attached hydrogen (secondary N) is 1. The summed E-state index contributed by atoms with van der Waals surface area (Å²) in [5.74, 6) is 1.16. The maximum absolute atomic E-state index is 5.88. The summed E-state index contributed by atoms with van der Waals surface area (Å²) in [5, 5.41) is 12.8. The highest BCUT2D eigenvalue weighted by Gasteiger charge is 2.28. The van der Waals surface area contributed by atoms with Crippen molar-refractivity contribution in [2.24, 2.45) is 0 Å². The Morgan fingerprint density at radius 2 is 1.93 bits per heavy atom. The van der Waals surface area contributed by atoms with E-state index in [1.165, 1.54) is 34.9 Å². The molecule has 2 fully saturated rings. The Balaban J connectivity index is 1.50. The molecule has 1 N–H and O–H groups in total. The highest BCUT2D eigenvalue weighted by atomic mass is 16.5. The molecule has 1 aromatic carbocycles. The van der Waals surface area contributed by atoms with E-state index in [1.54, 1.807) is 0 Å². The normalized spacial score (nSPS) is 19.5. The summed E-state index contributed by atoms with van der Waals surface area (Å²) in [6, 6.07) is 7.17. The van der Waals surface area contributed by atoms with E-state index in [4.69, 9.17) is 14.1 Å². The summed E-state index contributed by atoms with van der Waals surface area (Å²) in [4.78, 5) is 5.00. The zero-order valence-corrected chi connectivity index (χ0v) is 18.3. The highest BCUT2D eigenvalue weighted by Crippen LogP contribution is 2.44. The van der Waals surface area contributed by atoms with Crippen LogP contribution in [0.5, 0.6) is 0 Å². The van der Waals surface area contributed by atoms with Crippen LogP contribution in [0.2, 0.25) is 0 Å². The third-order valence-electron chi connectivity index (χ3n) is 6.15. The molecule has 0 bridgehead atoms. The van der Waals surface area contributed by atoms with E-state index in [2.05, 4.69) is 61.4 Å². The van der Waals surface area contributed by atoms with Crippen molar-refractivity contribution in [2.45, 2.75) is 70.8 Å². The average molecular weight is 407 g/mol. The van der Waals surface area contributed by atoms with Crippen LogP contribution >= 0.6 is 0 Å². The number of hydrogen-bond donors (Lipinski definition) is 1. The second-order valence-electron chi connectivity index (χ2n) is 9.74. The number of nitrogens with zero attached hydrogens (tertiary/aromatic N) is 3. The van der Waals surface area contributed by atoms with Gasteiger partial charge in [-0.15, -0.1) is 5.10 Å². The lowest BCUT2D eigenvalue weighted by molar-refractivity contribution is 0.120. The summed E-state index contributed by atoms with van der Waals surface area (Å²) >= 11 is 0. The summed E-state index contributed by atoms with van der Waals surface area (Å²) in [6.07, 6.45) is 4.99. The van der Waals surface area contributed by atoms with Crippen LogP contribution in [0.25, 0.3) is 22.5 Å². The minimum atomic E-state index is 0.00402. The number of anilines is 1. The highest BCUT2D eigenvalue weighted by molar-refractivity contribution is 5.88. The topological polar surface area (TPSA) is 73.1 Å². The van der Waals surface area contributed by atoms with Crippen molar-refractivity contribution in [1.82, 2.24) is 15.2 Å². The van der Waals surface area contributed by atoms with Crippen LogP contribution in [0, 0.1) is 6.92 Å². The second-order valence-corrected chi connectivity index (χ2v) is 9.74. The summed E-state index contributed by atoms with van der Waals surface area (Å²) < 4.78 is 11.5. The van der Waals surface area contributed by atoms with Gasteiger partial charge in [0.05, 0.1) is 11.6 Å². The van der Waals surface area contributed by atoms with Crippen LogP contribution in [0.1, 0.15) is 69.1 Å². The smallest absolute Gasteiger partial charge is 0.315 e. The maximum Gasteiger partial charge on any atom is 0.315 e. The molecule has 158 valence electrons. The number of rotatable bonds is 5. The van der Waals surface area contributed by atoms with Crippen LogP contribution < -0.4 is 5.32 Å². The molecule has 3 aromatic rings. The number of pyridine rings is 1. The minimum Gasteiger partial charge on any atom is -0.402 e. The van der Waals surface area contributed by atoms with Gasteiger partial charge in [0.1, 0.15) is 5.69 Å². The van der Waals surface area contributed by atoms with E-state index in [9.17, 15) is 0 Å². The van der Waals surface area contributed by atoms with Crippen molar-refractivity contribution in [3.8, 4) is 11.6 Å². The SMILES string of the molecule is Cc1cc(-c2nnc(NC[C@@H]3CCCO3)o2)nc2c(C(C)(C)C)cc(C3CC3)cc12. The van der Waals surface area contributed by atoms with E-state index in [-0.39, 0.29) is 11.5 Å². The largest absolute Gasteiger partial charge is 0.402 e. The molecule has 0 spiro atoms. The van der Waals surface area contributed by atoms with Crippen LogP contribution in [-0.4, -0.2) is 34.4 Å². The van der Waals surface area contributed by atoms with Crippen molar-refractivity contribution in [1.29, 1.82) is 0 Å². The minimum absolute atomic E-state index is 0.00402. The molecule has 1 saturated carbocycles. The van der Waals surface area contributed by atoms with Crippen molar-refractivity contribution in [3.63, 3.8) is 0 Å². The van der Waals surface area contributed by atoms with Gasteiger partial charge in [0.2, 0.25) is 0 Å². The molecule has 5 rings (SSSR count). The first-order chi connectivity index (χ1) is 14.4. The number of benzene rings is 1. The molecule has 0 unspecified atom stereocenters. The molecule has 2 aliphatic rings. The Morgan fingerprint density at radius 1 is 1.10 bits per heavy atom. The van der Waals surface area contributed by atoms with Crippen LogP contribution in [0.15, 0.2) is 22.6 Å². The van der Waals surface area contributed by atoms with Crippen molar-refractivity contribution in [3.05, 3.63) is 34.9 Å². The molecule has 1 saturated heterocycles. The third-order valence-corrected chi connectivity index (χ3v) is 6.15. The van der Waals surface area contributed by atoms with Crippen molar-refractivity contribution < 1.29 is 9.15 Å². The first-order valence-corrected chi connectivity index (χ1v) is 11.0. The molecule has 0 amide bonds. The van der Waals surface area contributed by atoms with Gasteiger partial charge >= 0.3 is 6.01 Å². The van der Waals surface area contributed by atoms with Gasteiger partial charge in [0.15, 0.2) is 0 Å². The molecule has 1 aliphatic carbocycles. The number of aryl methyl sites for hydroxylation is 1. The van der Waals surface area contributed by atoms with E-state index < -0.39 is 0 Å². The molecule has 6 nitrogen and oxygen atoms in total. The molecule has 3 heterocycles. The fraction of sp³-hybridized carbons (Fsp3) is 0.542. The molecule has 30 heavy (non-hydrogen) atoms. The standard InChI is InChI=1S/C24H30N4O2/c1-14-10-20(22-27-28-23(30-22)25-13-17-6-5-9-29-17)26-21-18(14)11-16(15-7-8-15)12-19(21)24(2,3)4/h10-12,15,17H,5-9,13H2,1-4H3,(H,25,28)/t17-/m0/s1. The van der Waals surface area contributed by atoms with E-state index in [0.717, 1.165) is 30.7 Å². The van der Waals surface area contributed by atoms with E-state index in [1.807, 2.05) is 0 Å². The zero-order valence-electron chi connectivity index (χ0n) is 18.3. The second kappa shape index (κ2) is 7.34. The zero-order chi connectivity index (χ0) is 20.9. The maximum atomic E-state index is 5.88. The molecular weight excluding hydrogens is 376 g/mol. The number of hydrogen-bond acceptors (Lipinski definition) is 6. The summed E-state index contributed by atoms with van der Waals surface area (Å²) in [5.41, 5.74) is 5.68. The van der Waals surface area contributed by atoms with Crippen molar-refractivity contribution in [2.75, 3.05) is 18.5 Å². The van der Waals surface area contributed by atoms with Gasteiger partial charge in [-0.05, 0) is 72.8 Å². The number of aromatic nitrogens is 3. The Kier molecular flexibility index (Phi) is 4.77. The average Bonchev–Trinajstić information content (AvgIpc) is 3.22. The number of fused-ring (bicyclic) bond motifs is 1. The van der Waals surface area contributed by atoms with Gasteiger partial charge < -0.3 is 14.5 Å². The monoisotopic (exact) mass is 406 g/mol. The predicted molar refractivity (Wildman–Crippen MR) is 118 cm³/mol. The lowest BCUT2D eigenvalue weighted by Gasteiger charge is -2.23. The molecule has 1 atom stereocenters. The fourth-order valence-electron chi connectivity index (χ4n) is 4.25. The molecule has 1 aliphatic heterocycles. The van der Waals surface area contributed by atoms with E-state index >= 15 is 0 Å². The Hall–Kier alpha value is -2.47. The molecule has 0 radical (unpaired) electrons. The first-order valence-electron chi connectivity index (χ1n) is 11.0. The van der Waals surface area contributed by atoms with Gasteiger partial charge in [-0.2, -0.15) is 0 Å². The third kappa shape index (κ3) is 3.81. The van der Waals surface area contributed by atoms with Gasteiger partial charge in [-0.3, -0.25) is 0 Å². The van der Waals surface area contributed by atoms with E-state index in [0.29, 0.717) is 24.4 Å². The molecule has 6 heteroatoms. The van der Waals surface area contributed by atoms with Crippen LogP contribution in [0.3, 0.4) is 0 Å². The summed E-state index contributed by atoms with van der Waals surface area (Å²) in [7, 11) is 0. The summed E-state index contributed by atoms with van der Waals surface area (Å²) in [6.45, 7) is 10.4. The van der Waals surface area contributed by atoms with Crippen molar-refractivity contribution >= 4 is 16.9 Å². The Bertz CT molecular complexity index is 1070. The fourth-order valence-corrected chi connectivity index (χ4v) is 4.25. The number of ether oxygens (including phenoxy) is 1. The van der Waals surface area contributed by atoms with Crippen LogP contribution in [0.4, 0.5) is 6.01 Å². The molecular formula is C24H30N4O2. The molecule has 2 aromatic heterocycles. The first kappa shape index (κ1) is 19.5. The predicted octanol–water partition coefficient (Wildman–Crippen LogP) is 5.36. The van der Waals surface area contributed by atoms with Gasteiger partial charge in [-0.25, -0.2) is 4.98 Å². The lowest BCUT2D eigenvalue weighted by atomic mass is 9.83.